The summed E-state index contributed by atoms with van der Waals surface area (Å²) in [6.07, 6.45) is 4.14. The predicted octanol–water partition coefficient (Wildman–Crippen LogP) is 2.13. The van der Waals surface area contributed by atoms with Gasteiger partial charge >= 0.3 is 0 Å². The van der Waals surface area contributed by atoms with Gasteiger partial charge < -0.3 is 10.1 Å². The van der Waals surface area contributed by atoms with Gasteiger partial charge in [0.2, 0.25) is 10.0 Å². The molecule has 1 atom stereocenters. The van der Waals surface area contributed by atoms with Crippen LogP contribution in [0.4, 0.5) is 0 Å². The molecule has 1 unspecified atom stereocenters. The zero-order valence-electron chi connectivity index (χ0n) is 15.0. The molecule has 1 saturated heterocycles. The van der Waals surface area contributed by atoms with Crippen molar-refractivity contribution in [3.05, 3.63) is 53.9 Å². The summed E-state index contributed by atoms with van der Waals surface area (Å²) in [5.74, 6) is 0.776. The molecule has 2 aliphatic rings. The van der Waals surface area contributed by atoms with Crippen LogP contribution in [0, 0.1) is 0 Å². The first-order valence-corrected chi connectivity index (χ1v) is 10.3. The highest BCUT2D eigenvalue weighted by molar-refractivity contribution is 7.89. The number of nitrogens with one attached hydrogen (secondary N) is 1. The molecule has 2 aliphatic heterocycles. The van der Waals surface area contributed by atoms with Crippen LogP contribution in [0.1, 0.15) is 31.0 Å². The van der Waals surface area contributed by atoms with Crippen LogP contribution in [-0.4, -0.2) is 42.9 Å². The summed E-state index contributed by atoms with van der Waals surface area (Å²) in [5, 5.41) is 3.29. The van der Waals surface area contributed by atoms with E-state index in [9.17, 15) is 8.42 Å². The van der Waals surface area contributed by atoms with Gasteiger partial charge in [0.25, 0.3) is 0 Å². The Kier molecular flexibility index (Phi) is 4.25. The van der Waals surface area contributed by atoms with E-state index in [0.717, 1.165) is 16.9 Å². The van der Waals surface area contributed by atoms with Crippen molar-refractivity contribution < 1.29 is 13.2 Å². The van der Waals surface area contributed by atoms with Crippen LogP contribution in [0.5, 0.6) is 5.75 Å². The number of rotatable bonds is 3. The highest BCUT2D eigenvalue weighted by Crippen LogP contribution is 2.37. The first-order valence-electron chi connectivity index (χ1n) is 8.81. The van der Waals surface area contributed by atoms with Crippen molar-refractivity contribution in [1.82, 2.24) is 14.6 Å². The van der Waals surface area contributed by atoms with E-state index in [1.165, 1.54) is 0 Å². The first-order chi connectivity index (χ1) is 12.4. The Labute approximate surface area is 154 Å². The van der Waals surface area contributed by atoms with Gasteiger partial charge in [0.1, 0.15) is 11.4 Å². The van der Waals surface area contributed by atoms with Crippen molar-refractivity contribution in [2.45, 2.75) is 36.8 Å². The summed E-state index contributed by atoms with van der Waals surface area (Å²) in [6.45, 7) is 5.66. The van der Waals surface area contributed by atoms with E-state index in [4.69, 9.17) is 4.74 Å². The van der Waals surface area contributed by atoms with Crippen LogP contribution in [0.15, 0.2) is 47.6 Å². The largest absolute Gasteiger partial charge is 0.487 e. The van der Waals surface area contributed by atoms with E-state index < -0.39 is 10.0 Å². The maximum absolute atomic E-state index is 13.4. The third-order valence-electron chi connectivity index (χ3n) is 4.90. The number of aromatic nitrogens is 1. The van der Waals surface area contributed by atoms with E-state index in [2.05, 4.69) is 10.3 Å². The van der Waals surface area contributed by atoms with Crippen molar-refractivity contribution in [2.75, 3.05) is 19.6 Å². The smallest absolute Gasteiger partial charge is 0.243 e. The van der Waals surface area contributed by atoms with Gasteiger partial charge in [0, 0.05) is 38.4 Å². The van der Waals surface area contributed by atoms with E-state index in [0.29, 0.717) is 31.0 Å². The zero-order chi connectivity index (χ0) is 18.4. The van der Waals surface area contributed by atoms with Gasteiger partial charge in [-0.15, -0.1) is 0 Å². The summed E-state index contributed by atoms with van der Waals surface area (Å²) in [6, 6.07) is 8.69. The molecule has 1 N–H and O–H groups in total. The Morgan fingerprint density at radius 3 is 2.92 bits per heavy atom. The summed E-state index contributed by atoms with van der Waals surface area (Å²) in [7, 11) is -3.61. The summed E-state index contributed by atoms with van der Waals surface area (Å²) < 4.78 is 34.2. The fourth-order valence-corrected chi connectivity index (χ4v) is 5.38. The number of hydrogen-bond acceptors (Lipinski definition) is 5. The van der Waals surface area contributed by atoms with Crippen LogP contribution in [0.2, 0.25) is 0 Å². The molecule has 26 heavy (non-hydrogen) atoms. The maximum atomic E-state index is 13.4. The molecule has 0 saturated carbocycles. The van der Waals surface area contributed by atoms with Gasteiger partial charge in [-0.3, -0.25) is 4.98 Å². The monoisotopic (exact) mass is 373 g/mol. The van der Waals surface area contributed by atoms with Crippen molar-refractivity contribution in [1.29, 1.82) is 0 Å². The van der Waals surface area contributed by atoms with Crippen molar-refractivity contribution in [2.24, 2.45) is 0 Å². The SMILES string of the molecule is CC1(C)Cc2cc(S(=O)(=O)N3CCNCC3c3cccnc3)ccc2O1. The third-order valence-corrected chi connectivity index (χ3v) is 6.81. The number of piperazine rings is 1. The Morgan fingerprint density at radius 1 is 1.31 bits per heavy atom. The molecule has 6 nitrogen and oxygen atoms in total. The molecule has 7 heteroatoms. The lowest BCUT2D eigenvalue weighted by Gasteiger charge is -2.35. The lowest BCUT2D eigenvalue weighted by atomic mass is 10.0. The fraction of sp³-hybridized carbons (Fsp3) is 0.421. The molecule has 138 valence electrons. The van der Waals surface area contributed by atoms with Crippen molar-refractivity contribution in [3.8, 4) is 5.75 Å². The second-order valence-corrected chi connectivity index (χ2v) is 9.32. The highest BCUT2D eigenvalue weighted by Gasteiger charge is 2.36. The second kappa shape index (κ2) is 6.33. The Bertz CT molecular complexity index is 913. The van der Waals surface area contributed by atoms with E-state index >= 15 is 0 Å². The quantitative estimate of drug-likeness (QED) is 0.892. The third kappa shape index (κ3) is 3.11. The van der Waals surface area contributed by atoms with Gasteiger partial charge in [-0.05, 0) is 49.2 Å². The molecule has 0 bridgehead atoms. The normalized spacial score (nSPS) is 22.6. The van der Waals surface area contributed by atoms with Crippen LogP contribution >= 0.6 is 0 Å². The minimum absolute atomic E-state index is 0.261. The molecular formula is C19H23N3O3S. The number of pyridine rings is 1. The Hall–Kier alpha value is -1.96. The molecule has 0 amide bonds. The van der Waals surface area contributed by atoms with Gasteiger partial charge in [-0.1, -0.05) is 6.07 Å². The van der Waals surface area contributed by atoms with Gasteiger partial charge in [0.15, 0.2) is 0 Å². The highest BCUT2D eigenvalue weighted by atomic mass is 32.2. The number of ether oxygens (including phenoxy) is 1. The standard InChI is InChI=1S/C19H23N3O3S/c1-19(2)11-15-10-16(5-6-18(15)25-19)26(23,24)22-9-8-21-13-17(22)14-4-3-7-20-12-14/h3-7,10,12,17,21H,8-9,11,13H2,1-2H3. The molecule has 0 spiro atoms. The number of fused-ring (bicyclic) bond motifs is 1. The molecule has 1 fully saturated rings. The van der Waals surface area contributed by atoms with E-state index in [1.807, 2.05) is 26.0 Å². The van der Waals surface area contributed by atoms with Crippen molar-refractivity contribution in [3.63, 3.8) is 0 Å². The van der Waals surface area contributed by atoms with Gasteiger partial charge in [-0.2, -0.15) is 4.31 Å². The number of sulfonamides is 1. The lowest BCUT2D eigenvalue weighted by Crippen LogP contribution is -2.48. The Balaban J connectivity index is 1.70. The van der Waals surface area contributed by atoms with Crippen LogP contribution in [-0.2, 0) is 16.4 Å². The molecule has 4 rings (SSSR count). The lowest BCUT2D eigenvalue weighted by molar-refractivity contribution is 0.138. The predicted molar refractivity (Wildman–Crippen MR) is 98.6 cm³/mol. The molecule has 3 heterocycles. The molecule has 1 aromatic carbocycles. The summed E-state index contributed by atoms with van der Waals surface area (Å²) in [5.41, 5.74) is 1.55. The summed E-state index contributed by atoms with van der Waals surface area (Å²) >= 11 is 0. The Morgan fingerprint density at radius 2 is 2.15 bits per heavy atom. The fourth-order valence-electron chi connectivity index (χ4n) is 3.71. The maximum Gasteiger partial charge on any atom is 0.243 e. The zero-order valence-corrected chi connectivity index (χ0v) is 15.8. The van der Waals surface area contributed by atoms with Gasteiger partial charge in [-0.25, -0.2) is 8.42 Å². The van der Waals surface area contributed by atoms with Crippen LogP contribution in [0.3, 0.4) is 0 Å². The average molecular weight is 373 g/mol. The topological polar surface area (TPSA) is 71.5 Å². The van der Waals surface area contributed by atoms with E-state index in [1.54, 1.807) is 34.9 Å². The van der Waals surface area contributed by atoms with Gasteiger partial charge in [0.05, 0.1) is 10.9 Å². The minimum Gasteiger partial charge on any atom is -0.487 e. The average Bonchev–Trinajstić information content (AvgIpc) is 2.95. The van der Waals surface area contributed by atoms with Crippen LogP contribution in [0.25, 0.3) is 0 Å². The number of hydrogen-bond donors (Lipinski definition) is 1. The number of nitrogens with zero attached hydrogens (tertiary/aromatic N) is 2. The number of benzene rings is 1. The second-order valence-electron chi connectivity index (χ2n) is 7.43. The first kappa shape index (κ1) is 17.5. The van der Waals surface area contributed by atoms with Crippen molar-refractivity contribution >= 4 is 10.0 Å². The minimum atomic E-state index is -3.61. The molecule has 1 aromatic heterocycles. The van der Waals surface area contributed by atoms with E-state index in [-0.39, 0.29) is 11.6 Å². The molecular weight excluding hydrogens is 350 g/mol. The van der Waals surface area contributed by atoms with Crippen LogP contribution < -0.4 is 10.1 Å². The molecule has 2 aromatic rings. The summed E-state index contributed by atoms with van der Waals surface area (Å²) in [4.78, 5) is 4.47. The molecule has 0 aliphatic carbocycles. The molecule has 0 radical (unpaired) electrons.